The minimum atomic E-state index is -0.190. The number of hydrogen-bond acceptors (Lipinski definition) is 1. The van der Waals surface area contributed by atoms with Crippen LogP contribution in [0.3, 0.4) is 0 Å². The van der Waals surface area contributed by atoms with Crippen LogP contribution in [-0.2, 0) is 11.2 Å². The van der Waals surface area contributed by atoms with Gasteiger partial charge in [0.2, 0.25) is 0 Å². The van der Waals surface area contributed by atoms with E-state index in [2.05, 4.69) is 0 Å². The molecule has 0 saturated carbocycles. The van der Waals surface area contributed by atoms with E-state index in [1.807, 2.05) is 19.9 Å². The molecule has 0 spiro atoms. The van der Waals surface area contributed by atoms with Crippen LogP contribution in [0.4, 0.5) is 4.39 Å². The number of halogens is 1. The zero-order valence-corrected chi connectivity index (χ0v) is 9.51. The van der Waals surface area contributed by atoms with Gasteiger partial charge in [-0.15, -0.1) is 0 Å². The van der Waals surface area contributed by atoms with E-state index in [1.165, 1.54) is 6.07 Å². The SMILES string of the molecule is Cc1ccc(CCC(=O)C(C)C)cc1F. The minimum Gasteiger partial charge on any atom is -0.299 e. The van der Waals surface area contributed by atoms with Gasteiger partial charge >= 0.3 is 0 Å². The molecule has 0 aliphatic carbocycles. The maximum absolute atomic E-state index is 13.2. The van der Waals surface area contributed by atoms with E-state index in [4.69, 9.17) is 0 Å². The van der Waals surface area contributed by atoms with Crippen LogP contribution in [0.5, 0.6) is 0 Å². The van der Waals surface area contributed by atoms with Gasteiger partial charge in [0, 0.05) is 12.3 Å². The Morgan fingerprint density at radius 1 is 1.40 bits per heavy atom. The Hall–Kier alpha value is -1.18. The van der Waals surface area contributed by atoms with Crippen LogP contribution < -0.4 is 0 Å². The molecule has 2 heteroatoms. The summed E-state index contributed by atoms with van der Waals surface area (Å²) in [6.07, 6.45) is 1.13. The van der Waals surface area contributed by atoms with Crippen molar-refractivity contribution in [2.75, 3.05) is 0 Å². The van der Waals surface area contributed by atoms with Crippen LogP contribution in [0.1, 0.15) is 31.4 Å². The predicted molar refractivity (Wildman–Crippen MR) is 59.3 cm³/mol. The summed E-state index contributed by atoms with van der Waals surface area (Å²) in [4.78, 5) is 11.4. The van der Waals surface area contributed by atoms with Crippen LogP contribution in [0.25, 0.3) is 0 Å². The molecule has 0 heterocycles. The molecule has 1 aromatic carbocycles. The summed E-state index contributed by atoms with van der Waals surface area (Å²) in [5.41, 5.74) is 1.54. The molecule has 0 unspecified atom stereocenters. The number of carbonyl (C=O) groups is 1. The Morgan fingerprint density at radius 3 is 2.60 bits per heavy atom. The second kappa shape index (κ2) is 5.06. The molecule has 0 N–H and O–H groups in total. The summed E-state index contributed by atoms with van der Waals surface area (Å²) in [5.74, 6) is 0.112. The van der Waals surface area contributed by atoms with Gasteiger partial charge in [-0.2, -0.15) is 0 Å². The number of benzene rings is 1. The zero-order valence-electron chi connectivity index (χ0n) is 9.51. The molecule has 0 bridgehead atoms. The fourth-order valence-corrected chi connectivity index (χ4v) is 1.35. The molecule has 0 fully saturated rings. The number of ketones is 1. The lowest BCUT2D eigenvalue weighted by Crippen LogP contribution is -2.07. The number of aryl methyl sites for hydroxylation is 2. The molecule has 0 aliphatic heterocycles. The highest BCUT2D eigenvalue weighted by atomic mass is 19.1. The fraction of sp³-hybridized carbons (Fsp3) is 0.462. The first-order valence-corrected chi connectivity index (χ1v) is 5.28. The second-order valence-electron chi connectivity index (χ2n) is 4.20. The lowest BCUT2D eigenvalue weighted by atomic mass is 10.0. The van der Waals surface area contributed by atoms with E-state index in [0.29, 0.717) is 18.4 Å². The summed E-state index contributed by atoms with van der Waals surface area (Å²) in [6.45, 7) is 5.51. The maximum Gasteiger partial charge on any atom is 0.135 e. The van der Waals surface area contributed by atoms with E-state index in [9.17, 15) is 9.18 Å². The predicted octanol–water partition coefficient (Wildman–Crippen LogP) is 3.29. The van der Waals surface area contributed by atoms with Crippen LogP contribution in [-0.4, -0.2) is 5.78 Å². The van der Waals surface area contributed by atoms with Crippen LogP contribution in [0.15, 0.2) is 18.2 Å². The molecule has 0 aromatic heterocycles. The van der Waals surface area contributed by atoms with Crippen molar-refractivity contribution in [3.63, 3.8) is 0 Å². The topological polar surface area (TPSA) is 17.1 Å². The lowest BCUT2D eigenvalue weighted by Gasteiger charge is -2.05. The Balaban J connectivity index is 2.58. The average Bonchev–Trinajstić information content (AvgIpc) is 2.19. The van der Waals surface area contributed by atoms with Gasteiger partial charge in [0.25, 0.3) is 0 Å². The Bertz CT molecular complexity index is 356. The van der Waals surface area contributed by atoms with Crippen LogP contribution in [0, 0.1) is 18.7 Å². The standard InChI is InChI=1S/C13H17FO/c1-9(2)13(15)7-6-11-5-4-10(3)12(14)8-11/h4-5,8-9H,6-7H2,1-3H3. The molecule has 0 aliphatic rings. The molecule has 0 amide bonds. The first kappa shape index (κ1) is 11.9. The van der Waals surface area contributed by atoms with Crippen molar-refractivity contribution >= 4 is 5.78 Å². The molecular weight excluding hydrogens is 191 g/mol. The average molecular weight is 208 g/mol. The van der Waals surface area contributed by atoms with Crippen molar-refractivity contribution < 1.29 is 9.18 Å². The normalized spacial score (nSPS) is 10.7. The van der Waals surface area contributed by atoms with Gasteiger partial charge in [0.15, 0.2) is 0 Å². The maximum atomic E-state index is 13.2. The molecule has 0 atom stereocenters. The number of carbonyl (C=O) groups excluding carboxylic acids is 1. The third-order valence-corrected chi connectivity index (χ3v) is 2.54. The van der Waals surface area contributed by atoms with Gasteiger partial charge in [-0.05, 0) is 30.5 Å². The summed E-state index contributed by atoms with van der Waals surface area (Å²) in [6, 6.07) is 5.15. The summed E-state index contributed by atoms with van der Waals surface area (Å²) in [5, 5.41) is 0. The van der Waals surface area contributed by atoms with Gasteiger partial charge in [0.05, 0.1) is 0 Å². The van der Waals surface area contributed by atoms with Gasteiger partial charge in [-0.3, -0.25) is 4.79 Å². The minimum absolute atomic E-state index is 0.0697. The summed E-state index contributed by atoms with van der Waals surface area (Å²) < 4.78 is 13.2. The third kappa shape index (κ3) is 3.46. The number of hydrogen-bond donors (Lipinski definition) is 0. The van der Waals surface area contributed by atoms with Crippen molar-refractivity contribution in [3.8, 4) is 0 Å². The quantitative estimate of drug-likeness (QED) is 0.742. The largest absolute Gasteiger partial charge is 0.299 e. The van der Waals surface area contributed by atoms with E-state index in [1.54, 1.807) is 13.0 Å². The van der Waals surface area contributed by atoms with Crippen molar-refractivity contribution in [1.82, 2.24) is 0 Å². The van der Waals surface area contributed by atoms with Gasteiger partial charge in [-0.1, -0.05) is 26.0 Å². The Morgan fingerprint density at radius 2 is 2.07 bits per heavy atom. The van der Waals surface area contributed by atoms with E-state index >= 15 is 0 Å². The van der Waals surface area contributed by atoms with Crippen molar-refractivity contribution in [3.05, 3.63) is 35.1 Å². The highest BCUT2D eigenvalue weighted by Crippen LogP contribution is 2.12. The molecule has 15 heavy (non-hydrogen) atoms. The van der Waals surface area contributed by atoms with Gasteiger partial charge < -0.3 is 0 Å². The molecule has 0 radical (unpaired) electrons. The summed E-state index contributed by atoms with van der Waals surface area (Å²) >= 11 is 0. The molecule has 82 valence electrons. The van der Waals surface area contributed by atoms with Crippen LogP contribution in [0.2, 0.25) is 0 Å². The third-order valence-electron chi connectivity index (χ3n) is 2.54. The Labute approximate surface area is 90.3 Å². The van der Waals surface area contributed by atoms with Crippen molar-refractivity contribution in [2.45, 2.75) is 33.6 Å². The molecule has 1 nitrogen and oxygen atoms in total. The van der Waals surface area contributed by atoms with E-state index in [0.717, 1.165) is 5.56 Å². The highest BCUT2D eigenvalue weighted by molar-refractivity contribution is 5.80. The summed E-state index contributed by atoms with van der Waals surface area (Å²) in [7, 11) is 0. The number of Topliss-reactive ketones (excluding diaryl/α,β-unsaturated/α-hetero) is 1. The first-order valence-electron chi connectivity index (χ1n) is 5.28. The fourth-order valence-electron chi connectivity index (χ4n) is 1.35. The smallest absolute Gasteiger partial charge is 0.135 e. The van der Waals surface area contributed by atoms with Gasteiger partial charge in [-0.25, -0.2) is 4.39 Å². The lowest BCUT2D eigenvalue weighted by molar-refractivity contribution is -0.121. The molecule has 0 saturated heterocycles. The monoisotopic (exact) mass is 208 g/mol. The Kier molecular flexibility index (Phi) is 4.01. The molecule has 1 aromatic rings. The van der Waals surface area contributed by atoms with Crippen molar-refractivity contribution in [1.29, 1.82) is 0 Å². The zero-order chi connectivity index (χ0) is 11.4. The molecule has 1 rings (SSSR count). The van der Waals surface area contributed by atoms with E-state index in [-0.39, 0.29) is 17.5 Å². The molecular formula is C13H17FO. The second-order valence-corrected chi connectivity index (χ2v) is 4.20. The number of rotatable bonds is 4. The highest BCUT2D eigenvalue weighted by Gasteiger charge is 2.07. The first-order chi connectivity index (χ1) is 7.00. The van der Waals surface area contributed by atoms with E-state index < -0.39 is 0 Å². The van der Waals surface area contributed by atoms with Crippen LogP contribution >= 0.6 is 0 Å². The van der Waals surface area contributed by atoms with Gasteiger partial charge in [0.1, 0.15) is 11.6 Å². The van der Waals surface area contributed by atoms with Crippen molar-refractivity contribution in [2.24, 2.45) is 5.92 Å².